The highest BCUT2D eigenvalue weighted by atomic mass is 31.0. The Morgan fingerprint density at radius 2 is 1.81 bits per heavy atom. The predicted octanol–water partition coefficient (Wildman–Crippen LogP) is 7.07. The molecule has 2 nitrogen and oxygen atoms in total. The molecule has 0 radical (unpaired) electrons. The zero-order valence-corrected chi connectivity index (χ0v) is 20.7. The van der Waals surface area contributed by atoms with Gasteiger partial charge in [0.15, 0.2) is 6.10 Å². The number of ether oxygens (including phenoxy) is 1. The summed E-state index contributed by atoms with van der Waals surface area (Å²) in [4.78, 5) is 0. The monoisotopic (exact) mass is 452 g/mol. The molecule has 3 rings (SSSR count). The summed E-state index contributed by atoms with van der Waals surface area (Å²) in [7, 11) is 3.60. The van der Waals surface area contributed by atoms with Crippen molar-refractivity contribution in [3.8, 4) is 5.75 Å². The molecule has 0 saturated carbocycles. The number of quaternary nitrogens is 1. The van der Waals surface area contributed by atoms with Crippen LogP contribution in [0.3, 0.4) is 0 Å². The molecule has 0 saturated heterocycles. The van der Waals surface area contributed by atoms with E-state index in [0.717, 1.165) is 16.9 Å². The topological polar surface area (TPSA) is 9.23 Å². The molecule has 1 aliphatic rings. The Kier molecular flexibility index (Phi) is 6.04. The third-order valence-corrected chi connectivity index (χ3v) is 7.37. The van der Waals surface area contributed by atoms with Gasteiger partial charge in [-0.05, 0) is 43.9 Å². The normalized spacial score (nSPS) is 23.6. The minimum absolute atomic E-state index is 0.105. The van der Waals surface area contributed by atoms with E-state index >= 15 is 0 Å². The summed E-state index contributed by atoms with van der Waals surface area (Å²) in [5.41, 5.74) is -0.850. The first-order chi connectivity index (χ1) is 14.1. The first-order valence-corrected chi connectivity index (χ1v) is 11.2. The summed E-state index contributed by atoms with van der Waals surface area (Å²) in [6, 6.07) is 10.6. The number of benzene rings is 2. The van der Waals surface area contributed by atoms with Crippen LogP contribution in [0.25, 0.3) is 0 Å². The molecule has 3 unspecified atom stereocenters. The molecule has 0 fully saturated rings. The first kappa shape index (κ1) is 24.1. The molecule has 0 amide bonds. The summed E-state index contributed by atoms with van der Waals surface area (Å²) in [5, 5.41) is 0. The lowest BCUT2D eigenvalue weighted by atomic mass is 9.85. The molecule has 0 aromatic heterocycles. The van der Waals surface area contributed by atoms with Gasteiger partial charge in [-0.15, -0.1) is 0 Å². The molecule has 170 valence electrons. The summed E-state index contributed by atoms with van der Waals surface area (Å²) < 4.78 is 49.0. The Morgan fingerprint density at radius 1 is 1.16 bits per heavy atom. The fourth-order valence-electron chi connectivity index (χ4n) is 4.36. The highest BCUT2D eigenvalue weighted by Crippen LogP contribution is 2.47. The number of nitrogens with zero attached hydrogens (tertiary/aromatic N) is 1. The van der Waals surface area contributed by atoms with Crippen molar-refractivity contribution in [1.29, 1.82) is 0 Å². The van der Waals surface area contributed by atoms with E-state index < -0.39 is 17.9 Å². The van der Waals surface area contributed by atoms with Crippen molar-refractivity contribution in [3.05, 3.63) is 58.7 Å². The average Bonchev–Trinajstić information content (AvgIpc) is 2.73. The van der Waals surface area contributed by atoms with Crippen LogP contribution in [0.2, 0.25) is 0 Å². The lowest BCUT2D eigenvalue weighted by Crippen LogP contribution is -2.64. The van der Waals surface area contributed by atoms with Crippen molar-refractivity contribution >= 4 is 14.9 Å². The molecule has 31 heavy (non-hydrogen) atoms. The van der Waals surface area contributed by atoms with Gasteiger partial charge in [-0.25, -0.2) is 4.39 Å². The Morgan fingerprint density at radius 3 is 2.35 bits per heavy atom. The van der Waals surface area contributed by atoms with Gasteiger partial charge in [0.2, 0.25) is 0 Å². The predicted molar refractivity (Wildman–Crippen MR) is 126 cm³/mol. The number of para-hydroxylation sites is 1. The number of halogens is 3. The molecular weight excluding hydrogens is 418 g/mol. The smallest absolute Gasteiger partial charge is 0.284 e. The maximum Gasteiger partial charge on any atom is 0.284 e. The molecule has 1 aliphatic heterocycles. The van der Waals surface area contributed by atoms with Crippen LogP contribution in [0.4, 0.5) is 18.9 Å². The van der Waals surface area contributed by atoms with Crippen LogP contribution < -0.4 is 9.22 Å². The summed E-state index contributed by atoms with van der Waals surface area (Å²) in [6.45, 7) is 12.4. The maximum atomic E-state index is 14.2. The van der Waals surface area contributed by atoms with Gasteiger partial charge in [0.1, 0.15) is 30.2 Å². The molecular formula is C25H34F3NOP+. The largest absolute Gasteiger partial charge is 0.483 e. The van der Waals surface area contributed by atoms with E-state index in [-0.39, 0.29) is 22.6 Å². The SMILES string of the molecule is CC1Oc2c(cccc2C(C)(C)C)C[N+](C)(c2cc(CF)cc(C(F)(F)P)c2)C1(C)C. The molecule has 6 heteroatoms. The van der Waals surface area contributed by atoms with E-state index in [1.165, 1.54) is 12.1 Å². The fraction of sp³-hybridized carbons (Fsp3) is 0.520. The maximum absolute atomic E-state index is 14.2. The second-order valence-electron chi connectivity index (χ2n) is 10.5. The standard InChI is InChI=1S/C25H34F3NOP/c1-16-24(5,6)29(7,20-12-17(14-26)11-19(13-20)25(27,28)31)15-18-9-8-10-21(22(18)30-16)23(2,3)4/h8-13,16H,14-15,31H2,1-7H3/q+1. The van der Waals surface area contributed by atoms with Crippen LogP contribution in [0, 0.1) is 0 Å². The molecule has 2 aromatic carbocycles. The number of alkyl halides is 3. The van der Waals surface area contributed by atoms with E-state index in [0.29, 0.717) is 16.7 Å². The number of hydrogen-bond donors (Lipinski definition) is 0. The molecule has 1 heterocycles. The highest BCUT2D eigenvalue weighted by molar-refractivity contribution is 7.17. The molecule has 0 spiro atoms. The quantitative estimate of drug-likeness (QED) is 0.357. The minimum Gasteiger partial charge on any atom is -0.483 e. The van der Waals surface area contributed by atoms with Crippen molar-refractivity contribution in [3.63, 3.8) is 0 Å². The van der Waals surface area contributed by atoms with Gasteiger partial charge >= 0.3 is 0 Å². The van der Waals surface area contributed by atoms with Crippen molar-refractivity contribution in [2.24, 2.45) is 0 Å². The van der Waals surface area contributed by atoms with Gasteiger partial charge in [0.25, 0.3) is 5.66 Å². The summed E-state index contributed by atoms with van der Waals surface area (Å²) >= 11 is 0. The Labute approximate surface area is 186 Å². The second-order valence-corrected chi connectivity index (χ2v) is 11.2. The lowest BCUT2D eigenvalue weighted by Gasteiger charge is -2.48. The second kappa shape index (κ2) is 7.78. The minimum atomic E-state index is -3.13. The number of rotatable bonds is 3. The van der Waals surface area contributed by atoms with E-state index in [1.54, 1.807) is 15.3 Å². The molecule has 0 bridgehead atoms. The van der Waals surface area contributed by atoms with Crippen LogP contribution in [-0.4, -0.2) is 18.7 Å². The van der Waals surface area contributed by atoms with Crippen molar-refractivity contribution in [2.75, 3.05) is 7.05 Å². The highest BCUT2D eigenvalue weighted by Gasteiger charge is 2.51. The van der Waals surface area contributed by atoms with Crippen molar-refractivity contribution in [2.45, 2.75) is 77.5 Å². The summed E-state index contributed by atoms with van der Waals surface area (Å²) in [5.74, 6) is 0.871. The third-order valence-electron chi connectivity index (χ3n) is 7.04. The number of likely N-dealkylation sites (N-methyl/N-ethyl adjacent to an activating group) is 1. The van der Waals surface area contributed by atoms with E-state index in [4.69, 9.17) is 4.74 Å². The average molecular weight is 453 g/mol. The zero-order valence-electron chi connectivity index (χ0n) is 19.5. The van der Waals surface area contributed by atoms with Crippen molar-refractivity contribution in [1.82, 2.24) is 4.48 Å². The van der Waals surface area contributed by atoms with Crippen LogP contribution in [-0.2, 0) is 24.3 Å². The third kappa shape index (κ3) is 4.24. The number of fused-ring (bicyclic) bond motifs is 1. The van der Waals surface area contributed by atoms with Gasteiger partial charge < -0.3 is 4.74 Å². The number of hydrogen-bond acceptors (Lipinski definition) is 1. The zero-order chi connectivity index (χ0) is 23.4. The molecule has 0 N–H and O–H groups in total. The van der Waals surface area contributed by atoms with Crippen LogP contribution >= 0.6 is 9.24 Å². The molecule has 0 aliphatic carbocycles. The van der Waals surface area contributed by atoms with Gasteiger partial charge in [0, 0.05) is 28.8 Å². The van der Waals surface area contributed by atoms with E-state index in [2.05, 4.69) is 40.7 Å². The molecule has 2 aromatic rings. The van der Waals surface area contributed by atoms with Crippen LogP contribution in [0.15, 0.2) is 36.4 Å². The Bertz CT molecular complexity index is 978. The van der Waals surface area contributed by atoms with E-state index in [1.807, 2.05) is 26.1 Å². The Hall–Kier alpha value is -1.58. The Balaban J connectivity index is 2.27. The van der Waals surface area contributed by atoms with Gasteiger partial charge in [-0.2, -0.15) is 8.78 Å². The lowest BCUT2D eigenvalue weighted by molar-refractivity contribution is 0.0440. The summed E-state index contributed by atoms with van der Waals surface area (Å²) in [6.07, 6.45) is -0.212. The van der Waals surface area contributed by atoms with E-state index in [9.17, 15) is 13.2 Å². The van der Waals surface area contributed by atoms with Gasteiger partial charge in [0.05, 0.1) is 7.05 Å². The van der Waals surface area contributed by atoms with Crippen LogP contribution in [0.1, 0.15) is 63.8 Å². The fourth-order valence-corrected chi connectivity index (χ4v) is 4.53. The van der Waals surface area contributed by atoms with Crippen molar-refractivity contribution < 1.29 is 17.9 Å². The van der Waals surface area contributed by atoms with Crippen LogP contribution in [0.5, 0.6) is 5.75 Å². The first-order valence-electron chi connectivity index (χ1n) is 10.6. The van der Waals surface area contributed by atoms with Gasteiger partial charge in [-0.3, -0.25) is 4.48 Å². The molecule has 3 atom stereocenters. The van der Waals surface area contributed by atoms with Gasteiger partial charge in [-0.1, -0.05) is 42.1 Å².